The topological polar surface area (TPSA) is 70.1 Å². The molecule has 0 aliphatic heterocycles. The number of carbonyl (C=O) groups excluding carboxylic acids is 1. The molecular weight excluding hydrogens is 379 g/mol. The highest BCUT2D eigenvalue weighted by Crippen LogP contribution is 2.22. The molecule has 138 valence electrons. The Morgan fingerprint density at radius 2 is 1.82 bits per heavy atom. The molecule has 1 aromatic heterocycles. The molecular formula is C21H14ClFN4O. The van der Waals surface area contributed by atoms with Crippen LogP contribution >= 0.6 is 11.6 Å². The highest BCUT2D eigenvalue weighted by Gasteiger charge is 2.09. The first-order valence-electron chi connectivity index (χ1n) is 8.43. The second-order valence-electron chi connectivity index (χ2n) is 6.07. The second-order valence-corrected chi connectivity index (χ2v) is 6.51. The molecule has 7 heteroatoms. The van der Waals surface area contributed by atoms with Crippen LogP contribution in [0.1, 0.15) is 15.9 Å². The van der Waals surface area contributed by atoms with E-state index in [9.17, 15) is 9.18 Å². The molecule has 0 radical (unpaired) electrons. The molecule has 5 nitrogen and oxygen atoms in total. The van der Waals surface area contributed by atoms with Crippen LogP contribution in [0.25, 0.3) is 22.4 Å². The summed E-state index contributed by atoms with van der Waals surface area (Å²) in [6.07, 6.45) is 1.45. The lowest BCUT2D eigenvalue weighted by molar-refractivity contribution is 0.0955. The Kier molecular flexibility index (Phi) is 4.87. The molecule has 4 rings (SSSR count). The fraction of sp³-hybridized carbons (Fsp3) is 0. The SMILES string of the molecule is O=C(N/N=C\c1ccc(F)cc1)c1ccc2nc(-c3ccc(Cl)cc3)[nH]c2c1. The van der Waals surface area contributed by atoms with Crippen molar-refractivity contribution in [1.82, 2.24) is 15.4 Å². The quantitative estimate of drug-likeness (QED) is 0.387. The fourth-order valence-corrected chi connectivity index (χ4v) is 2.80. The Balaban J connectivity index is 1.51. The second kappa shape index (κ2) is 7.62. The number of hydrazone groups is 1. The van der Waals surface area contributed by atoms with Crippen LogP contribution in [0.4, 0.5) is 4.39 Å². The van der Waals surface area contributed by atoms with Crippen LogP contribution < -0.4 is 5.43 Å². The largest absolute Gasteiger partial charge is 0.338 e. The molecule has 1 amide bonds. The van der Waals surface area contributed by atoms with E-state index in [-0.39, 0.29) is 11.7 Å². The van der Waals surface area contributed by atoms with E-state index < -0.39 is 0 Å². The Morgan fingerprint density at radius 3 is 2.57 bits per heavy atom. The maximum absolute atomic E-state index is 12.9. The molecule has 0 fully saturated rings. The van der Waals surface area contributed by atoms with E-state index >= 15 is 0 Å². The molecule has 1 heterocycles. The average molecular weight is 393 g/mol. The zero-order chi connectivity index (χ0) is 19.5. The van der Waals surface area contributed by atoms with Gasteiger partial charge in [0.15, 0.2) is 0 Å². The normalized spacial score (nSPS) is 11.2. The van der Waals surface area contributed by atoms with E-state index in [2.05, 4.69) is 20.5 Å². The van der Waals surface area contributed by atoms with Crippen LogP contribution in [0.15, 0.2) is 71.8 Å². The number of amides is 1. The van der Waals surface area contributed by atoms with Gasteiger partial charge in [-0.25, -0.2) is 14.8 Å². The lowest BCUT2D eigenvalue weighted by Crippen LogP contribution is -2.17. The number of halogens is 2. The predicted molar refractivity (Wildman–Crippen MR) is 108 cm³/mol. The van der Waals surface area contributed by atoms with Gasteiger partial charge in [0.05, 0.1) is 17.2 Å². The molecule has 0 spiro atoms. The molecule has 0 saturated carbocycles. The molecule has 0 aliphatic carbocycles. The number of nitrogens with zero attached hydrogens (tertiary/aromatic N) is 2. The highest BCUT2D eigenvalue weighted by molar-refractivity contribution is 6.30. The maximum atomic E-state index is 12.9. The van der Waals surface area contributed by atoms with Gasteiger partial charge >= 0.3 is 0 Å². The summed E-state index contributed by atoms with van der Waals surface area (Å²) in [6.45, 7) is 0. The van der Waals surface area contributed by atoms with Crippen LogP contribution in [-0.2, 0) is 0 Å². The van der Waals surface area contributed by atoms with Crippen molar-refractivity contribution in [3.63, 3.8) is 0 Å². The first-order valence-corrected chi connectivity index (χ1v) is 8.81. The van der Waals surface area contributed by atoms with Crippen molar-refractivity contribution in [3.8, 4) is 11.4 Å². The summed E-state index contributed by atoms with van der Waals surface area (Å²) in [7, 11) is 0. The van der Waals surface area contributed by atoms with Gasteiger partial charge in [0.25, 0.3) is 5.91 Å². The number of hydrogen-bond acceptors (Lipinski definition) is 3. The lowest BCUT2D eigenvalue weighted by atomic mass is 10.2. The van der Waals surface area contributed by atoms with Crippen LogP contribution in [0, 0.1) is 5.82 Å². The number of H-pyrrole nitrogens is 1. The Bertz CT molecular complexity index is 1170. The first-order chi connectivity index (χ1) is 13.6. The van der Waals surface area contributed by atoms with Crippen LogP contribution in [0.3, 0.4) is 0 Å². The van der Waals surface area contributed by atoms with E-state index in [0.717, 1.165) is 16.6 Å². The minimum Gasteiger partial charge on any atom is -0.338 e. The number of fused-ring (bicyclic) bond motifs is 1. The average Bonchev–Trinajstić information content (AvgIpc) is 3.13. The predicted octanol–water partition coefficient (Wildman–Crippen LogP) is 4.79. The van der Waals surface area contributed by atoms with Gasteiger partial charge in [-0.1, -0.05) is 23.7 Å². The van der Waals surface area contributed by atoms with E-state index in [1.54, 1.807) is 42.5 Å². The number of rotatable bonds is 4. The van der Waals surface area contributed by atoms with Crippen molar-refractivity contribution in [2.75, 3.05) is 0 Å². The smallest absolute Gasteiger partial charge is 0.271 e. The van der Waals surface area contributed by atoms with Gasteiger partial charge in [0.2, 0.25) is 0 Å². The van der Waals surface area contributed by atoms with Crippen molar-refractivity contribution >= 4 is 34.8 Å². The number of nitrogens with one attached hydrogen (secondary N) is 2. The van der Waals surface area contributed by atoms with Crippen molar-refractivity contribution in [3.05, 3.63) is 88.7 Å². The van der Waals surface area contributed by atoms with Crippen molar-refractivity contribution in [1.29, 1.82) is 0 Å². The third-order valence-corrected chi connectivity index (χ3v) is 4.36. The highest BCUT2D eigenvalue weighted by atomic mass is 35.5. The number of aromatic nitrogens is 2. The summed E-state index contributed by atoms with van der Waals surface area (Å²) < 4.78 is 12.9. The fourth-order valence-electron chi connectivity index (χ4n) is 2.67. The van der Waals surface area contributed by atoms with E-state index in [4.69, 9.17) is 11.6 Å². The Labute approximate surface area is 164 Å². The Morgan fingerprint density at radius 1 is 1.07 bits per heavy atom. The number of carbonyl (C=O) groups is 1. The van der Waals surface area contributed by atoms with Crippen molar-refractivity contribution < 1.29 is 9.18 Å². The summed E-state index contributed by atoms with van der Waals surface area (Å²) in [5.41, 5.74) is 5.96. The first kappa shape index (κ1) is 17.9. The van der Waals surface area contributed by atoms with E-state index in [0.29, 0.717) is 22.0 Å². The molecule has 28 heavy (non-hydrogen) atoms. The molecule has 3 aromatic carbocycles. The standard InChI is InChI=1S/C21H14ClFN4O/c22-16-6-3-14(4-7-16)20-25-18-10-5-15(11-19(18)26-20)21(28)27-24-12-13-1-8-17(23)9-2-13/h1-12H,(H,25,26)(H,27,28)/b24-12-. The molecule has 0 aliphatic rings. The minimum absolute atomic E-state index is 0.327. The van der Waals surface area contributed by atoms with Gasteiger partial charge in [-0.3, -0.25) is 4.79 Å². The maximum Gasteiger partial charge on any atom is 0.271 e. The summed E-state index contributed by atoms with van der Waals surface area (Å²) in [4.78, 5) is 20.1. The summed E-state index contributed by atoms with van der Waals surface area (Å²) in [5, 5.41) is 4.56. The Hall–Kier alpha value is -3.51. The van der Waals surface area contributed by atoms with Gasteiger partial charge in [-0.05, 0) is 60.2 Å². The zero-order valence-electron chi connectivity index (χ0n) is 14.5. The molecule has 0 saturated heterocycles. The van der Waals surface area contributed by atoms with Crippen molar-refractivity contribution in [2.24, 2.45) is 5.10 Å². The number of benzene rings is 3. The zero-order valence-corrected chi connectivity index (χ0v) is 15.2. The molecule has 0 bridgehead atoms. The third kappa shape index (κ3) is 3.92. The monoisotopic (exact) mass is 392 g/mol. The van der Waals surface area contributed by atoms with Gasteiger partial charge in [0, 0.05) is 16.1 Å². The molecule has 4 aromatic rings. The summed E-state index contributed by atoms with van der Waals surface area (Å²) in [6, 6.07) is 18.3. The lowest BCUT2D eigenvalue weighted by Gasteiger charge is -2.00. The summed E-state index contributed by atoms with van der Waals surface area (Å²) in [5.74, 6) is 0.00785. The van der Waals surface area contributed by atoms with Gasteiger partial charge in [-0.2, -0.15) is 5.10 Å². The number of imidazole rings is 1. The van der Waals surface area contributed by atoms with Crippen molar-refractivity contribution in [2.45, 2.75) is 0 Å². The third-order valence-electron chi connectivity index (χ3n) is 4.11. The van der Waals surface area contributed by atoms with E-state index in [1.807, 2.05) is 12.1 Å². The number of aromatic amines is 1. The summed E-state index contributed by atoms with van der Waals surface area (Å²) >= 11 is 5.92. The van der Waals surface area contributed by atoms with Gasteiger partial charge in [0.1, 0.15) is 11.6 Å². The van der Waals surface area contributed by atoms with E-state index in [1.165, 1.54) is 18.3 Å². The van der Waals surface area contributed by atoms with Crippen LogP contribution in [0.5, 0.6) is 0 Å². The molecule has 2 N–H and O–H groups in total. The minimum atomic E-state index is -0.358. The number of hydrogen-bond donors (Lipinski definition) is 2. The van der Waals surface area contributed by atoms with Crippen LogP contribution in [0.2, 0.25) is 5.02 Å². The van der Waals surface area contributed by atoms with Gasteiger partial charge < -0.3 is 4.98 Å². The molecule has 0 unspecified atom stereocenters. The molecule has 0 atom stereocenters. The van der Waals surface area contributed by atoms with Crippen LogP contribution in [-0.4, -0.2) is 22.1 Å². The van der Waals surface area contributed by atoms with Gasteiger partial charge in [-0.15, -0.1) is 0 Å².